The summed E-state index contributed by atoms with van der Waals surface area (Å²) in [4.78, 5) is 6.71. The van der Waals surface area contributed by atoms with Crippen molar-refractivity contribution in [2.45, 2.75) is 43.8 Å². The van der Waals surface area contributed by atoms with Gasteiger partial charge in [0.15, 0.2) is 5.11 Å². The highest BCUT2D eigenvalue weighted by Crippen LogP contribution is 2.43. The summed E-state index contributed by atoms with van der Waals surface area (Å²) < 4.78 is 16.0. The zero-order chi connectivity index (χ0) is 19.8. The van der Waals surface area contributed by atoms with Crippen molar-refractivity contribution in [3.8, 4) is 0 Å². The van der Waals surface area contributed by atoms with E-state index >= 15 is 0 Å². The average molecular weight is 407 g/mol. The first kappa shape index (κ1) is 18.3. The van der Waals surface area contributed by atoms with Crippen LogP contribution in [0, 0.1) is 5.82 Å². The predicted octanol–water partition coefficient (Wildman–Crippen LogP) is 5.31. The molecule has 0 radical (unpaired) electrons. The summed E-state index contributed by atoms with van der Waals surface area (Å²) >= 11 is 5.75. The van der Waals surface area contributed by atoms with E-state index < -0.39 is 0 Å². The zero-order valence-corrected chi connectivity index (χ0v) is 16.9. The molecule has 0 bridgehead atoms. The Labute approximate surface area is 175 Å². The molecule has 1 saturated heterocycles. The Morgan fingerprint density at radius 3 is 2.52 bits per heavy atom. The van der Waals surface area contributed by atoms with Crippen molar-refractivity contribution in [3.05, 3.63) is 84.2 Å². The van der Waals surface area contributed by atoms with Crippen molar-refractivity contribution < 1.29 is 4.39 Å². The van der Waals surface area contributed by atoms with E-state index in [2.05, 4.69) is 38.1 Å². The van der Waals surface area contributed by atoms with Gasteiger partial charge >= 0.3 is 0 Å². The van der Waals surface area contributed by atoms with Crippen molar-refractivity contribution in [2.24, 2.45) is 0 Å². The van der Waals surface area contributed by atoms with Crippen LogP contribution in [-0.4, -0.2) is 14.7 Å². The van der Waals surface area contributed by atoms with E-state index in [1.807, 2.05) is 24.4 Å². The molecule has 3 aromatic rings. The van der Waals surface area contributed by atoms with E-state index in [0.717, 1.165) is 11.4 Å². The molecule has 2 aromatic heterocycles. The second kappa shape index (κ2) is 7.59. The van der Waals surface area contributed by atoms with Gasteiger partial charge in [0, 0.05) is 29.8 Å². The van der Waals surface area contributed by atoms with Crippen molar-refractivity contribution in [1.29, 1.82) is 0 Å². The van der Waals surface area contributed by atoms with E-state index in [0.29, 0.717) is 11.2 Å². The Kier molecular flexibility index (Phi) is 4.79. The fourth-order valence-corrected chi connectivity index (χ4v) is 5.05. The van der Waals surface area contributed by atoms with Crippen LogP contribution >= 0.6 is 12.2 Å². The van der Waals surface area contributed by atoms with Gasteiger partial charge in [0.2, 0.25) is 0 Å². The molecule has 1 saturated carbocycles. The first-order chi connectivity index (χ1) is 14.2. The third kappa shape index (κ3) is 3.31. The van der Waals surface area contributed by atoms with Crippen LogP contribution in [-0.2, 0) is 0 Å². The number of hydrogen-bond acceptors (Lipinski definition) is 2. The second-order valence-corrected chi connectivity index (χ2v) is 8.14. The van der Waals surface area contributed by atoms with Crippen molar-refractivity contribution in [2.75, 3.05) is 4.90 Å². The third-order valence-corrected chi connectivity index (χ3v) is 6.35. The van der Waals surface area contributed by atoms with Crippen molar-refractivity contribution in [1.82, 2.24) is 14.9 Å². The fraction of sp³-hybridized carbons (Fsp3) is 0.304. The molecule has 3 heterocycles. The van der Waals surface area contributed by atoms with Crippen LogP contribution < -0.4 is 10.2 Å². The van der Waals surface area contributed by atoms with Gasteiger partial charge in [-0.05, 0) is 73.6 Å². The molecule has 0 amide bonds. The molecule has 2 aliphatic rings. The number of aromatic nitrogens is 2. The number of pyridine rings is 1. The lowest BCUT2D eigenvalue weighted by atomic mass is 10.00. The molecular formula is C23H23FN4S. The molecule has 0 unspecified atom stereocenters. The van der Waals surface area contributed by atoms with Gasteiger partial charge < -0.3 is 14.8 Å². The molecule has 29 heavy (non-hydrogen) atoms. The number of nitrogens with one attached hydrogen (secondary N) is 1. The van der Waals surface area contributed by atoms with Gasteiger partial charge in [0.05, 0.1) is 11.7 Å². The molecule has 4 nitrogen and oxygen atoms in total. The van der Waals surface area contributed by atoms with Crippen molar-refractivity contribution in [3.63, 3.8) is 0 Å². The summed E-state index contributed by atoms with van der Waals surface area (Å²) in [5.41, 5.74) is 3.04. The first-order valence-electron chi connectivity index (χ1n) is 10.2. The zero-order valence-electron chi connectivity index (χ0n) is 16.0. The van der Waals surface area contributed by atoms with Gasteiger partial charge in [-0.25, -0.2) is 4.39 Å². The SMILES string of the molecule is Fc1ccc(N2C(=S)N[C@H](c3ccccn3)[C@@H]2c2cccn2C2CCCC2)cc1. The molecule has 0 spiro atoms. The standard InChI is InChI=1S/C23H23FN4S/c24-16-10-12-18(13-11-16)28-22(20-9-5-15-27(20)17-6-1-2-7-17)21(26-23(28)29)19-8-3-4-14-25-19/h3-5,8-15,17,21-22H,1-2,6-7H2,(H,26,29)/t21-,22+/m1/s1. The van der Waals surface area contributed by atoms with Crippen LogP contribution in [0.25, 0.3) is 0 Å². The Balaban J connectivity index is 1.62. The fourth-order valence-electron chi connectivity index (χ4n) is 4.71. The van der Waals surface area contributed by atoms with Crippen LogP contribution in [0.15, 0.2) is 67.0 Å². The lowest BCUT2D eigenvalue weighted by Crippen LogP contribution is -2.30. The van der Waals surface area contributed by atoms with Gasteiger partial charge in [-0.2, -0.15) is 0 Å². The lowest BCUT2D eigenvalue weighted by Gasteiger charge is -2.30. The minimum atomic E-state index is -0.251. The normalized spacial score (nSPS) is 22.2. The molecule has 1 aromatic carbocycles. The summed E-state index contributed by atoms with van der Waals surface area (Å²) in [6.45, 7) is 0. The van der Waals surface area contributed by atoms with Crippen molar-refractivity contribution >= 4 is 23.0 Å². The van der Waals surface area contributed by atoms with Gasteiger partial charge in [-0.3, -0.25) is 4.98 Å². The number of thiocarbonyl (C=S) groups is 1. The Morgan fingerprint density at radius 1 is 1.00 bits per heavy atom. The van der Waals surface area contributed by atoms with E-state index in [-0.39, 0.29) is 17.9 Å². The van der Waals surface area contributed by atoms with Crippen LogP contribution in [0.1, 0.15) is 55.2 Å². The monoisotopic (exact) mass is 406 g/mol. The van der Waals surface area contributed by atoms with Crippen LogP contribution in [0.4, 0.5) is 10.1 Å². The second-order valence-electron chi connectivity index (χ2n) is 7.75. The Morgan fingerprint density at radius 2 is 1.79 bits per heavy atom. The minimum absolute atomic E-state index is 0.0570. The van der Waals surface area contributed by atoms with Crippen LogP contribution in [0.3, 0.4) is 0 Å². The van der Waals surface area contributed by atoms with E-state index in [4.69, 9.17) is 12.2 Å². The number of nitrogens with zero attached hydrogens (tertiary/aromatic N) is 3. The number of halogens is 1. The van der Waals surface area contributed by atoms with E-state index in [1.54, 1.807) is 12.1 Å². The van der Waals surface area contributed by atoms with Gasteiger partial charge in [-0.1, -0.05) is 18.9 Å². The number of anilines is 1. The maximum atomic E-state index is 13.6. The Bertz CT molecular complexity index is 995. The maximum absolute atomic E-state index is 13.6. The molecule has 6 heteroatoms. The highest BCUT2D eigenvalue weighted by atomic mass is 32.1. The number of hydrogen-bond donors (Lipinski definition) is 1. The van der Waals surface area contributed by atoms with Crippen LogP contribution in [0.2, 0.25) is 0 Å². The molecular weight excluding hydrogens is 383 g/mol. The number of benzene rings is 1. The first-order valence-corrected chi connectivity index (χ1v) is 10.6. The quantitative estimate of drug-likeness (QED) is 0.595. The molecule has 5 rings (SSSR count). The molecule has 2 fully saturated rings. The summed E-state index contributed by atoms with van der Waals surface area (Å²) in [5.74, 6) is -0.251. The highest BCUT2D eigenvalue weighted by Gasteiger charge is 2.42. The third-order valence-electron chi connectivity index (χ3n) is 6.04. The van der Waals surface area contributed by atoms with Crippen LogP contribution in [0.5, 0.6) is 0 Å². The minimum Gasteiger partial charge on any atom is -0.351 e. The predicted molar refractivity (Wildman–Crippen MR) is 116 cm³/mol. The smallest absolute Gasteiger partial charge is 0.174 e. The summed E-state index contributed by atoms with van der Waals surface area (Å²) in [6.07, 6.45) is 8.96. The highest BCUT2D eigenvalue weighted by molar-refractivity contribution is 7.80. The number of rotatable bonds is 4. The largest absolute Gasteiger partial charge is 0.351 e. The summed E-state index contributed by atoms with van der Waals surface area (Å²) in [7, 11) is 0. The summed E-state index contributed by atoms with van der Waals surface area (Å²) in [5, 5.41) is 4.11. The lowest BCUT2D eigenvalue weighted by molar-refractivity contribution is 0.461. The summed E-state index contributed by atoms with van der Waals surface area (Å²) in [6, 6.07) is 17.2. The molecule has 148 valence electrons. The topological polar surface area (TPSA) is 33.1 Å². The molecule has 1 aliphatic heterocycles. The maximum Gasteiger partial charge on any atom is 0.174 e. The molecule has 2 atom stereocenters. The molecule has 1 N–H and O–H groups in total. The molecule has 1 aliphatic carbocycles. The van der Waals surface area contributed by atoms with Gasteiger partial charge in [0.25, 0.3) is 0 Å². The van der Waals surface area contributed by atoms with Gasteiger partial charge in [-0.15, -0.1) is 0 Å². The van der Waals surface area contributed by atoms with E-state index in [9.17, 15) is 4.39 Å². The Hall–Kier alpha value is -2.73. The van der Waals surface area contributed by atoms with Gasteiger partial charge in [0.1, 0.15) is 11.9 Å². The van der Waals surface area contributed by atoms with E-state index in [1.165, 1.54) is 43.5 Å². The average Bonchev–Trinajstić information content (AvgIpc) is 3.48.